The second-order valence-electron chi connectivity index (χ2n) is 13.4. The zero-order chi connectivity index (χ0) is 33.5. The number of hydrogen-bond acceptors (Lipinski definition) is 3. The van der Waals surface area contributed by atoms with Crippen molar-refractivity contribution in [3.8, 4) is 22.5 Å². The summed E-state index contributed by atoms with van der Waals surface area (Å²) in [6.07, 6.45) is 10.1. The number of nitrogens with zero attached hydrogens (tertiary/aromatic N) is 4. The Morgan fingerprint density at radius 2 is 1.12 bits per heavy atom. The second-order valence-corrected chi connectivity index (χ2v) is 13.4. The van der Waals surface area contributed by atoms with Gasteiger partial charge in [0, 0.05) is 44.7 Å². The molecule has 2 aromatic heterocycles. The number of aromatic nitrogens is 2. The molecule has 240 valence electrons. The predicted octanol–water partition coefficient (Wildman–Crippen LogP) is 10.5. The van der Waals surface area contributed by atoms with E-state index in [1.54, 1.807) is 0 Å². The van der Waals surface area contributed by atoms with Gasteiger partial charge in [-0.25, -0.2) is 4.99 Å². The van der Waals surface area contributed by atoms with Crippen LogP contribution in [-0.2, 0) is 4.74 Å². The van der Waals surface area contributed by atoms with Crippen LogP contribution >= 0.6 is 0 Å². The number of hydrogen-bond donors (Lipinski definition) is 0. The number of para-hydroxylation sites is 4. The van der Waals surface area contributed by atoms with Crippen molar-refractivity contribution < 1.29 is 4.74 Å². The van der Waals surface area contributed by atoms with Gasteiger partial charge in [-0.1, -0.05) is 91.0 Å². The number of benzene rings is 6. The van der Waals surface area contributed by atoms with Crippen LogP contribution in [0.2, 0.25) is 0 Å². The Morgan fingerprint density at radius 3 is 1.86 bits per heavy atom. The van der Waals surface area contributed by atoms with Crippen LogP contribution in [0.1, 0.15) is 5.56 Å². The lowest BCUT2D eigenvalue weighted by molar-refractivity contribution is 0.403. The molecule has 2 atom stereocenters. The molecule has 0 spiro atoms. The van der Waals surface area contributed by atoms with Gasteiger partial charge in [0.1, 0.15) is 17.8 Å². The van der Waals surface area contributed by atoms with Crippen LogP contribution in [0, 0.1) is 0 Å². The molecule has 4 heterocycles. The molecule has 8 aromatic rings. The maximum absolute atomic E-state index is 6.57. The van der Waals surface area contributed by atoms with Gasteiger partial charge in [0.25, 0.3) is 0 Å². The van der Waals surface area contributed by atoms with Crippen LogP contribution in [0.15, 0.2) is 185 Å². The molecule has 5 nitrogen and oxygen atoms in total. The van der Waals surface area contributed by atoms with E-state index >= 15 is 0 Å². The van der Waals surface area contributed by atoms with Crippen molar-refractivity contribution >= 4 is 55.7 Å². The lowest BCUT2D eigenvalue weighted by Gasteiger charge is -2.23. The summed E-state index contributed by atoms with van der Waals surface area (Å²) in [5.41, 5.74) is 11.2. The summed E-state index contributed by atoms with van der Waals surface area (Å²) >= 11 is 0. The number of fused-ring (bicyclic) bond motifs is 9. The number of rotatable bonds is 4. The minimum Gasteiger partial charge on any atom is -0.441 e. The van der Waals surface area contributed by atoms with Crippen LogP contribution < -0.4 is 0 Å². The van der Waals surface area contributed by atoms with E-state index in [-0.39, 0.29) is 12.1 Å². The predicted molar refractivity (Wildman–Crippen MR) is 210 cm³/mol. The molecule has 0 amide bonds. The maximum Gasteiger partial charge on any atom is 0.222 e. The third-order valence-corrected chi connectivity index (χ3v) is 10.5. The lowest BCUT2D eigenvalue weighted by atomic mass is 9.92. The van der Waals surface area contributed by atoms with Crippen LogP contribution in [-0.4, -0.2) is 33.3 Å². The Labute approximate surface area is 294 Å². The molecule has 11 rings (SSSR count). The van der Waals surface area contributed by atoms with Gasteiger partial charge in [-0.3, -0.25) is 4.99 Å². The Bertz CT molecular complexity index is 2850. The van der Waals surface area contributed by atoms with Crippen LogP contribution in [0.25, 0.3) is 66.1 Å². The summed E-state index contributed by atoms with van der Waals surface area (Å²) in [6, 6.07) is 49.9. The fourth-order valence-corrected chi connectivity index (χ4v) is 8.20. The van der Waals surface area contributed by atoms with E-state index in [1.807, 2.05) is 18.4 Å². The third-order valence-electron chi connectivity index (χ3n) is 10.5. The van der Waals surface area contributed by atoms with Crippen LogP contribution in [0.5, 0.6) is 0 Å². The van der Waals surface area contributed by atoms with Gasteiger partial charge < -0.3 is 13.9 Å². The molecule has 1 aliphatic carbocycles. The van der Waals surface area contributed by atoms with Gasteiger partial charge in [-0.2, -0.15) is 0 Å². The summed E-state index contributed by atoms with van der Waals surface area (Å²) in [6.45, 7) is 0. The summed E-state index contributed by atoms with van der Waals surface area (Å²) in [7, 11) is 0. The van der Waals surface area contributed by atoms with Crippen molar-refractivity contribution in [3.63, 3.8) is 0 Å². The van der Waals surface area contributed by atoms with E-state index in [1.165, 1.54) is 32.6 Å². The highest BCUT2D eigenvalue weighted by Gasteiger charge is 2.37. The summed E-state index contributed by atoms with van der Waals surface area (Å²) < 4.78 is 11.3. The van der Waals surface area contributed by atoms with E-state index in [4.69, 9.17) is 14.7 Å². The van der Waals surface area contributed by atoms with E-state index < -0.39 is 0 Å². The third kappa shape index (κ3) is 4.28. The molecule has 0 saturated heterocycles. The van der Waals surface area contributed by atoms with E-state index in [2.05, 4.69) is 161 Å². The maximum atomic E-state index is 6.57. The SMILES string of the molecule is C1=CC2=CC=C3OC(c4cc(-c5ccc6c(c5)c5ccccc5n6-c5ccccc5)cc(-n5c6ccccc6c6ccccc65)c4)=NC3C2N=C1. The van der Waals surface area contributed by atoms with Crippen molar-refractivity contribution in [1.29, 1.82) is 0 Å². The zero-order valence-electron chi connectivity index (χ0n) is 27.5. The number of allylic oxidation sites excluding steroid dienone is 3. The van der Waals surface area contributed by atoms with Gasteiger partial charge in [0.2, 0.25) is 5.90 Å². The standard InChI is InChI=1S/C46H30N4O/c1-2-12-33(13-3-1)49-41-19-9-6-16-37(41)38-28-30(20-22-42(38)49)31-25-32(46-48-45-43(51-46)23-21-29-11-10-24-47-44(29)45)27-34(26-31)50-39-17-7-4-14-35(39)36-15-5-8-18-40(36)50/h1-28,44-45H. The Morgan fingerprint density at radius 1 is 0.490 bits per heavy atom. The fourth-order valence-electron chi connectivity index (χ4n) is 8.20. The average molecular weight is 655 g/mol. The van der Waals surface area contributed by atoms with Crippen LogP contribution in [0.3, 0.4) is 0 Å². The Kier molecular flexibility index (Phi) is 6.01. The highest BCUT2D eigenvalue weighted by molar-refractivity contribution is 6.11. The molecule has 2 aliphatic heterocycles. The van der Waals surface area contributed by atoms with Crippen molar-refractivity contribution in [2.45, 2.75) is 12.1 Å². The number of ether oxygens (including phenoxy) is 1. The minimum absolute atomic E-state index is 0.0724. The molecular formula is C46H30N4O. The Balaban J connectivity index is 1.14. The smallest absolute Gasteiger partial charge is 0.222 e. The first kappa shape index (κ1) is 28.2. The highest BCUT2D eigenvalue weighted by Crippen LogP contribution is 2.39. The fraction of sp³-hybridized carbons (Fsp3) is 0.0435. The topological polar surface area (TPSA) is 43.8 Å². The second kappa shape index (κ2) is 10.9. The van der Waals surface area contributed by atoms with Gasteiger partial charge >= 0.3 is 0 Å². The summed E-state index contributed by atoms with van der Waals surface area (Å²) in [4.78, 5) is 9.98. The molecule has 3 aliphatic rings. The molecule has 0 radical (unpaired) electrons. The van der Waals surface area contributed by atoms with Gasteiger partial charge in [-0.15, -0.1) is 0 Å². The molecule has 0 fully saturated rings. The average Bonchev–Trinajstić information content (AvgIpc) is 3.89. The van der Waals surface area contributed by atoms with Crippen molar-refractivity contribution in [2.24, 2.45) is 9.98 Å². The molecule has 6 aromatic carbocycles. The van der Waals surface area contributed by atoms with E-state index in [0.29, 0.717) is 5.90 Å². The van der Waals surface area contributed by atoms with Gasteiger partial charge in [-0.05, 0) is 89.5 Å². The summed E-state index contributed by atoms with van der Waals surface area (Å²) in [5.74, 6) is 1.46. The number of dihydropyridines is 1. The molecule has 0 N–H and O–H groups in total. The first-order valence-electron chi connectivity index (χ1n) is 17.4. The first-order valence-corrected chi connectivity index (χ1v) is 17.4. The van der Waals surface area contributed by atoms with Crippen LogP contribution in [0.4, 0.5) is 0 Å². The van der Waals surface area contributed by atoms with E-state index in [9.17, 15) is 0 Å². The summed E-state index contributed by atoms with van der Waals surface area (Å²) in [5, 5.41) is 4.88. The quantitative estimate of drug-likeness (QED) is 0.186. The largest absolute Gasteiger partial charge is 0.441 e. The zero-order valence-corrected chi connectivity index (χ0v) is 27.5. The monoisotopic (exact) mass is 654 g/mol. The van der Waals surface area contributed by atoms with Gasteiger partial charge in [0.15, 0.2) is 0 Å². The molecule has 2 unspecified atom stereocenters. The minimum atomic E-state index is -0.179. The molecule has 51 heavy (non-hydrogen) atoms. The van der Waals surface area contributed by atoms with Crippen molar-refractivity contribution in [2.75, 3.05) is 0 Å². The lowest BCUT2D eigenvalue weighted by Crippen LogP contribution is -2.28. The van der Waals surface area contributed by atoms with Crippen molar-refractivity contribution in [1.82, 2.24) is 9.13 Å². The molecule has 0 saturated carbocycles. The normalized spacial score (nSPS) is 17.8. The molecular weight excluding hydrogens is 625 g/mol. The Hall–Kier alpha value is -6.72. The van der Waals surface area contributed by atoms with Crippen molar-refractivity contribution in [3.05, 3.63) is 181 Å². The number of aliphatic imine (C=N–C) groups is 2. The van der Waals surface area contributed by atoms with E-state index in [0.717, 1.165) is 50.4 Å². The molecule has 5 heteroatoms. The molecule has 0 bridgehead atoms. The highest BCUT2D eigenvalue weighted by atomic mass is 16.5. The van der Waals surface area contributed by atoms with Gasteiger partial charge in [0.05, 0.1) is 22.1 Å². The first-order chi connectivity index (χ1) is 25.3.